The van der Waals surface area contributed by atoms with E-state index >= 15 is 0 Å². The summed E-state index contributed by atoms with van der Waals surface area (Å²) in [4.78, 5) is 242. The number of carboxylic acid groups (broad SMARTS) is 8. The molecule has 0 saturated heterocycles. The first-order valence-electron chi connectivity index (χ1n) is 36.2. The predicted octanol–water partition coefficient (Wildman–Crippen LogP) is -12.4. The average Bonchev–Trinajstić information content (AvgIpc) is 0.878. The Kier molecular flexibility index (Phi) is 71.4. The number of aliphatic hydroxyl groups excluding tert-OH is 12. The zero-order valence-corrected chi connectivity index (χ0v) is 71.8. The number of carbonyl (C=O) groups is 18. The lowest BCUT2D eigenvalue weighted by atomic mass is 9.94. The van der Waals surface area contributed by atoms with E-state index in [-0.39, 0.29) is 73.8 Å². The molecule has 0 aromatic rings. The number of aliphatic carboxylic acids is 8. The lowest BCUT2D eigenvalue weighted by Gasteiger charge is -2.22. The summed E-state index contributed by atoms with van der Waals surface area (Å²) in [6.07, 6.45) is -18.9. The molecule has 0 aromatic carbocycles. The topological polar surface area (TPSA) is 900 Å². The van der Waals surface area contributed by atoms with Crippen LogP contribution in [0.15, 0.2) is 0 Å². The molecule has 712 valence electrons. The van der Waals surface area contributed by atoms with Crippen LogP contribution in [0.25, 0.3) is 0 Å². The van der Waals surface area contributed by atoms with Gasteiger partial charge in [-0.15, -0.1) is 0 Å². The zero-order valence-electron chi connectivity index (χ0n) is 68.6. The quantitative estimate of drug-likeness (QED) is 0.0269. The maximum Gasteiger partial charge on any atom is 0.373 e. The van der Waals surface area contributed by atoms with E-state index in [2.05, 4.69) is 53.2 Å². The monoisotopic (exact) mass is 1870 g/mol. The molecule has 124 heavy (non-hydrogen) atoms. The summed E-state index contributed by atoms with van der Waals surface area (Å²) in [5.74, 6) is -22.1. The van der Waals surface area contributed by atoms with Gasteiger partial charge in [-0.05, 0) is 65.8 Å². The Hall–Kier alpha value is -9.54. The lowest BCUT2D eigenvalue weighted by Crippen LogP contribution is -2.49. The smallest absolute Gasteiger partial charge is 0.373 e. The third-order valence-corrected chi connectivity index (χ3v) is 19.3. The fourth-order valence-electron chi connectivity index (χ4n) is 9.01. The number of thioether (sulfide) groups is 4. The van der Waals surface area contributed by atoms with Gasteiger partial charge in [0.1, 0.15) is 84.6 Å². The van der Waals surface area contributed by atoms with Gasteiger partial charge in [0.05, 0.1) is 23.9 Å². The summed E-state index contributed by atoms with van der Waals surface area (Å²) in [6, 6.07) is -5.87. The molecule has 0 spiro atoms. The number of rotatable bonds is 58. The third kappa shape index (κ3) is 55.6. The summed E-state index contributed by atoms with van der Waals surface area (Å²) in [7, 11) is 3.06. The predicted molar refractivity (Wildman–Crippen MR) is 426 cm³/mol. The molecule has 22 atom stereocenters. The molecule has 0 aliphatic heterocycles. The van der Waals surface area contributed by atoms with E-state index in [1.165, 1.54) is 61.1 Å². The van der Waals surface area contributed by atoms with Gasteiger partial charge >= 0.3 is 60.1 Å². The van der Waals surface area contributed by atoms with Crippen LogP contribution in [0.5, 0.6) is 0 Å². The normalized spacial score (nSPS) is 15.9. The number of Topliss-reactive ketones (excluding diaryl/α,β-unsaturated/α-hetero) is 2. The minimum atomic E-state index is -2.27. The van der Waals surface area contributed by atoms with Crippen molar-refractivity contribution in [2.75, 3.05) is 88.3 Å². The van der Waals surface area contributed by atoms with E-state index < -0.39 is 279 Å². The highest BCUT2D eigenvalue weighted by atomic mass is 32.2. The molecule has 56 heteroatoms. The van der Waals surface area contributed by atoms with E-state index in [1.807, 2.05) is 0 Å². The molecule has 0 aliphatic carbocycles. The van der Waals surface area contributed by atoms with Gasteiger partial charge in [0, 0.05) is 99.6 Å². The minimum absolute atomic E-state index is 0.0663. The van der Waals surface area contributed by atoms with Gasteiger partial charge in [0.2, 0.25) is 47.3 Å². The molecule has 0 fully saturated rings. The van der Waals surface area contributed by atoms with Gasteiger partial charge in [-0.2, -0.15) is 66.2 Å². The SMILES string of the molecule is CC[C@@H](CC(=O)NC[C@H](O)[C@@H](O)[C@@H](O)C(=O)O)C(=O)N[C@@H](CSC)C(=O)O.CC[C@@H](CC(=O)NC[C@H](O)[C@@H](O)[C@H](O)C(=O)O)C(=O)N[C@@H](CSC)C(=O)O.CN[C@@H](C)C(=O)C[C@@H](CC(=O)NCC(O)C(O)C(O)C(=O)O)C(=O)N[C@@H](CSC)C(=O)O.CN[C@@H](C)C(=O)C[C@@H](CC(=O)NC[C@H](O)[C@@H](O)[C@@H](O)C(=O)O)C(=O)N[C@@H](CSC)C(=O)O.O=C=O.O=C=O. The van der Waals surface area contributed by atoms with Gasteiger partial charge in [0.15, 0.2) is 24.4 Å². The van der Waals surface area contributed by atoms with Crippen LogP contribution in [0.4, 0.5) is 0 Å². The number of ketones is 2. The van der Waals surface area contributed by atoms with Crippen molar-refractivity contribution in [3.8, 4) is 0 Å². The fourth-order valence-corrected chi connectivity index (χ4v) is 11.2. The van der Waals surface area contributed by atoms with E-state index in [1.54, 1.807) is 52.7 Å². The molecular weight excluding hydrogens is 1760 g/mol. The largest absolute Gasteiger partial charge is 0.480 e. The number of hydrogen-bond donors (Lipinski definition) is 30. The minimum Gasteiger partial charge on any atom is -0.480 e. The van der Waals surface area contributed by atoms with Gasteiger partial charge in [-0.1, -0.05) is 13.8 Å². The number of amides is 8. The molecule has 52 nitrogen and oxygen atoms in total. The maximum absolute atomic E-state index is 12.6. The summed E-state index contributed by atoms with van der Waals surface area (Å²) in [5.41, 5.74) is 0. The van der Waals surface area contributed by atoms with Crippen molar-refractivity contribution in [1.82, 2.24) is 53.2 Å². The Balaban J connectivity index is -0.000000367. The van der Waals surface area contributed by atoms with Crippen LogP contribution >= 0.6 is 47.0 Å². The standard InChI is InChI=1S/2C18H31N3O10S.2C15H26N2O9S.2CO2/c2*1-8(19-2)11(22)4-9(16(27)21-10(7-32-3)17(28)29)5-13(24)20-6-12(23)14(25)15(26)18(30)31;2*1-3-7(13(22)17-8(6-27-2)14(23)24)4-10(19)16-5-9(18)11(20)12(21)15(25)26;2*2-1-3/h2*8-10,12,14-15,19,23,25-26H,4-7H2,1-3H3,(H,20,24)(H,21,27)(H,28,29)(H,30,31);2*7-9,11-12,18,20-21H,3-6H2,1-2H3,(H,16,19)(H,17,22)(H,23,24)(H,25,26);;/t8-,9-,10-,12?,14?,15?;8-,9-,10-,12-,14+,15+;7-,8-,9-,11+,12+;7-,8-,9-,11+,12-;;/m0000../s1. The number of likely N-dealkylation sites (N-methyl/N-ethyl adjacent to an activating group) is 2. The highest BCUT2D eigenvalue weighted by Crippen LogP contribution is 2.18. The van der Waals surface area contributed by atoms with Crippen LogP contribution in [0.2, 0.25) is 0 Å². The molecular formula is C68H114N10O42S4. The number of aliphatic hydroxyl groups is 12. The summed E-state index contributed by atoms with van der Waals surface area (Å²) < 4.78 is 0. The number of hydrogen-bond acceptors (Lipinski definition) is 40. The Morgan fingerprint density at radius 1 is 0.290 bits per heavy atom. The molecule has 0 heterocycles. The Labute approximate surface area is 724 Å². The zero-order chi connectivity index (χ0) is 97.7. The van der Waals surface area contributed by atoms with Gasteiger partial charge in [-0.3, -0.25) is 47.9 Å². The average molecular weight is 1870 g/mol. The lowest BCUT2D eigenvalue weighted by molar-refractivity contribution is -0.193. The van der Waals surface area contributed by atoms with Crippen molar-refractivity contribution in [3.63, 3.8) is 0 Å². The Morgan fingerprint density at radius 3 is 0.605 bits per heavy atom. The molecule has 0 aliphatic rings. The van der Waals surface area contributed by atoms with Crippen molar-refractivity contribution in [2.45, 2.75) is 189 Å². The Bertz CT molecular complexity index is 3220. The highest BCUT2D eigenvalue weighted by molar-refractivity contribution is 7.99. The van der Waals surface area contributed by atoms with Crippen LogP contribution in [0.1, 0.15) is 79.1 Å². The summed E-state index contributed by atoms with van der Waals surface area (Å²) in [5, 5.41) is 208. The third-order valence-electron chi connectivity index (χ3n) is 16.6. The number of carboxylic acids is 8. The number of nitrogens with one attached hydrogen (secondary N) is 10. The molecule has 8 amide bonds. The fraction of sp³-hybridized carbons (Fsp3) is 0.706. The van der Waals surface area contributed by atoms with E-state index in [0.29, 0.717) is 0 Å². The highest BCUT2D eigenvalue weighted by Gasteiger charge is 2.38. The molecule has 0 bridgehead atoms. The first-order chi connectivity index (χ1) is 57.6. The van der Waals surface area contributed by atoms with Gasteiger partial charge in [0.25, 0.3) is 0 Å². The first kappa shape index (κ1) is 125. The second kappa shape index (κ2) is 70.7. The van der Waals surface area contributed by atoms with Crippen LogP contribution < -0.4 is 53.2 Å². The van der Waals surface area contributed by atoms with E-state index in [9.17, 15) is 148 Å². The molecule has 0 rings (SSSR count). The van der Waals surface area contributed by atoms with Crippen LogP contribution in [-0.2, 0) is 105 Å². The van der Waals surface area contributed by atoms with Gasteiger partial charge in [-0.25, -0.2) is 38.4 Å². The molecule has 0 radical (unpaired) electrons. The number of carbonyl (C=O) groups excluding carboxylic acids is 14. The molecule has 0 aromatic heterocycles. The summed E-state index contributed by atoms with van der Waals surface area (Å²) in [6.45, 7) is 4.05. The van der Waals surface area contributed by atoms with Crippen LogP contribution in [-0.4, -0.2) is 419 Å². The van der Waals surface area contributed by atoms with Crippen molar-refractivity contribution < 1.29 is 208 Å². The molecule has 30 N–H and O–H groups in total. The van der Waals surface area contributed by atoms with E-state index in [0.717, 1.165) is 0 Å². The van der Waals surface area contributed by atoms with Crippen molar-refractivity contribution in [2.24, 2.45) is 23.7 Å². The summed E-state index contributed by atoms with van der Waals surface area (Å²) >= 11 is 4.85. The Morgan fingerprint density at radius 2 is 0.460 bits per heavy atom. The van der Waals surface area contributed by atoms with Crippen molar-refractivity contribution in [1.29, 1.82) is 0 Å². The maximum atomic E-state index is 12.6. The van der Waals surface area contributed by atoms with Crippen LogP contribution in [0, 0.1) is 23.7 Å². The second-order valence-corrected chi connectivity index (χ2v) is 29.6. The van der Waals surface area contributed by atoms with Crippen molar-refractivity contribution in [3.05, 3.63) is 0 Å². The van der Waals surface area contributed by atoms with E-state index in [4.69, 9.17) is 60.0 Å². The second-order valence-electron chi connectivity index (χ2n) is 25.9. The van der Waals surface area contributed by atoms with Crippen molar-refractivity contribution >= 4 is 166 Å². The molecule has 3 unspecified atom stereocenters. The first-order valence-corrected chi connectivity index (χ1v) is 41.8. The van der Waals surface area contributed by atoms with Gasteiger partial charge < -0.3 is 155 Å². The van der Waals surface area contributed by atoms with Crippen LogP contribution in [0.3, 0.4) is 0 Å². The molecule has 0 saturated carbocycles.